The second-order valence-corrected chi connectivity index (χ2v) is 4.63. The molecule has 102 valence electrons. The second kappa shape index (κ2) is 4.85. The van der Waals surface area contributed by atoms with Crippen molar-refractivity contribution in [3.63, 3.8) is 0 Å². The lowest BCUT2D eigenvalue weighted by Gasteiger charge is -2.25. The third kappa shape index (κ3) is 2.65. The molecule has 7 nitrogen and oxygen atoms in total. The molecule has 0 spiro atoms. The number of hydrogen-bond acceptors (Lipinski definition) is 6. The van der Waals surface area contributed by atoms with E-state index < -0.39 is 10.5 Å². The van der Waals surface area contributed by atoms with Crippen molar-refractivity contribution in [3.8, 4) is 0 Å². The zero-order chi connectivity index (χ0) is 14.0. The van der Waals surface area contributed by atoms with E-state index >= 15 is 0 Å². The maximum atomic E-state index is 10.7. The highest BCUT2D eigenvalue weighted by molar-refractivity contribution is 5.77. The molecule has 2 aromatic rings. The van der Waals surface area contributed by atoms with Gasteiger partial charge in [-0.15, -0.1) is 0 Å². The van der Waals surface area contributed by atoms with Gasteiger partial charge >= 0.3 is 0 Å². The van der Waals surface area contributed by atoms with Gasteiger partial charge in [0.05, 0.1) is 17.1 Å². The van der Waals surface area contributed by atoms with E-state index in [0.717, 1.165) is 0 Å². The number of nitro benzene ring substituents is 1. The van der Waals surface area contributed by atoms with Crippen molar-refractivity contribution in [2.45, 2.75) is 25.8 Å². The molecule has 0 bridgehead atoms. The van der Waals surface area contributed by atoms with E-state index in [0.29, 0.717) is 17.5 Å². The Hall–Kier alpha value is -2.15. The minimum atomic E-state index is -0.535. The molecule has 0 amide bonds. The lowest BCUT2D eigenvalue weighted by molar-refractivity contribution is -0.384. The van der Waals surface area contributed by atoms with Crippen molar-refractivity contribution < 1.29 is 14.4 Å². The number of nitrogens with zero attached hydrogens (tertiary/aromatic N) is 2. The van der Waals surface area contributed by atoms with Gasteiger partial charge in [-0.1, -0.05) is 6.92 Å². The molecule has 1 unspecified atom stereocenters. The number of oxazole rings is 1. The van der Waals surface area contributed by atoms with Crippen molar-refractivity contribution in [1.82, 2.24) is 4.98 Å². The maximum Gasteiger partial charge on any atom is 0.296 e. The molecule has 1 heterocycles. The minimum Gasteiger partial charge on any atom is -0.424 e. The van der Waals surface area contributed by atoms with E-state index in [1.165, 1.54) is 18.2 Å². The van der Waals surface area contributed by atoms with Crippen LogP contribution in [0, 0.1) is 10.1 Å². The predicted molar refractivity (Wildman–Crippen MR) is 70.1 cm³/mol. The summed E-state index contributed by atoms with van der Waals surface area (Å²) in [6.45, 7) is 3.70. The fraction of sp³-hybridized carbons (Fsp3) is 0.417. The Kier molecular flexibility index (Phi) is 3.39. The molecule has 1 atom stereocenters. The fourth-order valence-corrected chi connectivity index (χ4v) is 1.58. The van der Waals surface area contributed by atoms with E-state index in [1.807, 2.05) is 13.8 Å². The van der Waals surface area contributed by atoms with Crippen molar-refractivity contribution in [2.75, 3.05) is 11.9 Å². The highest BCUT2D eigenvalue weighted by Gasteiger charge is 2.23. The van der Waals surface area contributed by atoms with Crippen molar-refractivity contribution >= 4 is 22.8 Å². The summed E-state index contributed by atoms with van der Waals surface area (Å²) in [4.78, 5) is 14.3. The monoisotopic (exact) mass is 265 g/mol. The van der Waals surface area contributed by atoms with E-state index in [4.69, 9.17) is 4.42 Å². The first kappa shape index (κ1) is 13.3. The van der Waals surface area contributed by atoms with Crippen LogP contribution in [0.3, 0.4) is 0 Å². The molecule has 0 aliphatic heterocycles. The summed E-state index contributed by atoms with van der Waals surface area (Å²) in [5, 5.41) is 23.0. The number of non-ortho nitro benzene ring substituents is 1. The lowest BCUT2D eigenvalue weighted by atomic mass is 10.0. The molecule has 1 aromatic carbocycles. The van der Waals surface area contributed by atoms with Gasteiger partial charge in [0.15, 0.2) is 5.58 Å². The first-order valence-electron chi connectivity index (χ1n) is 5.91. The number of nitrogens with one attached hydrogen (secondary N) is 1. The van der Waals surface area contributed by atoms with E-state index in [2.05, 4.69) is 10.3 Å². The number of aliphatic hydroxyl groups excluding tert-OH is 1. The molecular formula is C12H15N3O4. The molecule has 0 aliphatic carbocycles. The first-order valence-corrected chi connectivity index (χ1v) is 5.91. The predicted octanol–water partition coefficient (Wildman–Crippen LogP) is 2.31. The van der Waals surface area contributed by atoms with Gasteiger partial charge in [-0.2, -0.15) is 4.98 Å². The number of aromatic nitrogens is 1. The Morgan fingerprint density at radius 2 is 2.32 bits per heavy atom. The molecule has 1 aromatic heterocycles. The number of anilines is 1. The van der Waals surface area contributed by atoms with Crippen LogP contribution < -0.4 is 5.32 Å². The number of aliphatic hydroxyl groups is 1. The Bertz CT molecular complexity index is 604. The maximum absolute atomic E-state index is 10.7. The summed E-state index contributed by atoms with van der Waals surface area (Å²) in [5.41, 5.74) is 0.303. The molecule has 0 saturated heterocycles. The van der Waals surface area contributed by atoms with Gasteiger partial charge in [0.2, 0.25) is 0 Å². The van der Waals surface area contributed by atoms with E-state index in [-0.39, 0.29) is 18.3 Å². The average molecular weight is 265 g/mol. The number of fused-ring (bicyclic) bond motifs is 1. The summed E-state index contributed by atoms with van der Waals surface area (Å²) in [6.07, 6.45) is 0.683. The van der Waals surface area contributed by atoms with Crippen molar-refractivity contribution in [3.05, 3.63) is 28.3 Å². The van der Waals surface area contributed by atoms with Crippen LogP contribution in [0.2, 0.25) is 0 Å². The largest absolute Gasteiger partial charge is 0.424 e. The zero-order valence-corrected chi connectivity index (χ0v) is 10.7. The molecule has 0 saturated carbocycles. The summed E-state index contributed by atoms with van der Waals surface area (Å²) in [7, 11) is 0. The zero-order valence-electron chi connectivity index (χ0n) is 10.7. The highest BCUT2D eigenvalue weighted by atomic mass is 16.6. The average Bonchev–Trinajstić information content (AvgIpc) is 2.79. The van der Waals surface area contributed by atoms with Gasteiger partial charge in [-0.05, 0) is 19.4 Å². The van der Waals surface area contributed by atoms with Gasteiger partial charge in [0.25, 0.3) is 11.7 Å². The smallest absolute Gasteiger partial charge is 0.296 e. The standard InChI is InChI=1S/C12H15N3O4/c1-3-12(2,7-16)14-11-13-9-6-8(15(17)18)4-5-10(9)19-11/h4-6,16H,3,7H2,1-2H3,(H,13,14). The van der Waals surface area contributed by atoms with Crippen LogP contribution in [-0.2, 0) is 0 Å². The SMILES string of the molecule is CCC(C)(CO)Nc1nc2cc([N+](=O)[O-])ccc2o1. The van der Waals surface area contributed by atoms with Gasteiger partial charge in [-0.3, -0.25) is 10.1 Å². The fourth-order valence-electron chi connectivity index (χ4n) is 1.58. The van der Waals surface area contributed by atoms with Crippen LogP contribution >= 0.6 is 0 Å². The van der Waals surface area contributed by atoms with Crippen LogP contribution in [0.5, 0.6) is 0 Å². The van der Waals surface area contributed by atoms with Crippen molar-refractivity contribution in [1.29, 1.82) is 0 Å². The van der Waals surface area contributed by atoms with Crippen molar-refractivity contribution in [2.24, 2.45) is 0 Å². The summed E-state index contributed by atoms with van der Waals surface area (Å²) in [5.74, 6) is 0. The van der Waals surface area contributed by atoms with Crippen LogP contribution in [0.25, 0.3) is 11.1 Å². The highest BCUT2D eigenvalue weighted by Crippen LogP contribution is 2.25. The van der Waals surface area contributed by atoms with Crippen LogP contribution in [-0.4, -0.2) is 27.2 Å². The molecule has 0 radical (unpaired) electrons. The van der Waals surface area contributed by atoms with Crippen LogP contribution in [0.4, 0.5) is 11.7 Å². The molecule has 19 heavy (non-hydrogen) atoms. The Morgan fingerprint density at radius 1 is 1.58 bits per heavy atom. The molecule has 7 heteroatoms. The topological polar surface area (TPSA) is 101 Å². The van der Waals surface area contributed by atoms with Crippen LogP contribution in [0.15, 0.2) is 22.6 Å². The minimum absolute atomic E-state index is 0.0345. The van der Waals surface area contributed by atoms with Gasteiger partial charge in [-0.25, -0.2) is 0 Å². The first-order chi connectivity index (χ1) is 8.97. The molecule has 2 rings (SSSR count). The van der Waals surface area contributed by atoms with E-state index in [9.17, 15) is 15.2 Å². The molecule has 0 fully saturated rings. The third-order valence-corrected chi connectivity index (χ3v) is 3.12. The third-order valence-electron chi connectivity index (χ3n) is 3.12. The van der Waals surface area contributed by atoms with Crippen LogP contribution in [0.1, 0.15) is 20.3 Å². The Morgan fingerprint density at radius 3 is 2.89 bits per heavy atom. The summed E-state index contributed by atoms with van der Waals surface area (Å²) < 4.78 is 5.45. The molecule has 2 N–H and O–H groups in total. The number of hydrogen-bond donors (Lipinski definition) is 2. The quantitative estimate of drug-likeness (QED) is 0.635. The Labute approximate surface area is 109 Å². The number of benzene rings is 1. The van der Waals surface area contributed by atoms with Gasteiger partial charge < -0.3 is 14.8 Å². The lowest BCUT2D eigenvalue weighted by Crippen LogP contribution is -2.38. The van der Waals surface area contributed by atoms with Gasteiger partial charge in [0, 0.05) is 12.1 Å². The van der Waals surface area contributed by atoms with Gasteiger partial charge in [0.1, 0.15) is 5.52 Å². The Balaban J connectivity index is 2.34. The summed E-state index contributed by atoms with van der Waals surface area (Å²) >= 11 is 0. The number of nitro groups is 1. The second-order valence-electron chi connectivity index (χ2n) is 4.63. The molecular weight excluding hydrogens is 250 g/mol. The molecule has 0 aliphatic rings. The van der Waals surface area contributed by atoms with E-state index in [1.54, 1.807) is 0 Å². The normalized spacial score (nSPS) is 14.3. The number of rotatable bonds is 5. The summed E-state index contributed by atoms with van der Waals surface area (Å²) in [6, 6.07) is 4.47.